The quantitative estimate of drug-likeness (QED) is 0.265. The number of anilines is 1. The van der Waals surface area contributed by atoms with Gasteiger partial charge in [0.15, 0.2) is 5.82 Å². The van der Waals surface area contributed by atoms with Gasteiger partial charge in [0.05, 0.1) is 27.2 Å². The Labute approximate surface area is 244 Å². The number of nitrogens with two attached hydrogens (primary N) is 1. The number of hydrogen-bond acceptors (Lipinski definition) is 8. The summed E-state index contributed by atoms with van der Waals surface area (Å²) >= 11 is 0.961. The maximum absolute atomic E-state index is 16.5. The molecule has 3 aliphatic heterocycles. The second kappa shape index (κ2) is 10.3. The first-order chi connectivity index (χ1) is 20.3. The van der Waals surface area contributed by atoms with Crippen LogP contribution in [-0.2, 0) is 0 Å². The lowest BCUT2D eigenvalue weighted by Crippen LogP contribution is -2.43. The number of alkyl halides is 1. The zero-order valence-electron chi connectivity index (χ0n) is 22.9. The van der Waals surface area contributed by atoms with Crippen molar-refractivity contribution in [2.75, 3.05) is 32.0 Å². The first-order valence-corrected chi connectivity index (χ1v) is 14.9. The van der Waals surface area contributed by atoms with E-state index in [1.54, 1.807) is 12.1 Å². The number of nitrogens with zero attached hydrogens (tertiary/aromatic N) is 4. The number of nitrogens with one attached hydrogen (secondary N) is 1. The molecule has 0 aliphatic carbocycles. The zero-order chi connectivity index (χ0) is 29.2. The lowest BCUT2D eigenvalue weighted by molar-refractivity contribution is 0.106. The minimum Gasteiger partial charge on any atom is -0.472 e. The van der Waals surface area contributed by atoms with E-state index in [0.717, 1.165) is 43.7 Å². The average molecular weight is 595 g/mol. The van der Waals surface area contributed by atoms with Gasteiger partial charge in [0.1, 0.15) is 30.2 Å². The van der Waals surface area contributed by atoms with E-state index in [1.807, 2.05) is 6.92 Å². The van der Waals surface area contributed by atoms with Gasteiger partial charge in [-0.25, -0.2) is 18.0 Å². The minimum atomic E-state index is -0.916. The number of rotatable bonds is 6. The summed E-state index contributed by atoms with van der Waals surface area (Å²) in [6, 6.07) is 5.94. The van der Waals surface area contributed by atoms with E-state index < -0.39 is 23.3 Å². The van der Waals surface area contributed by atoms with E-state index in [2.05, 4.69) is 25.0 Å². The van der Waals surface area contributed by atoms with Crippen LogP contribution in [0.4, 0.5) is 23.9 Å². The molecule has 5 heterocycles. The third-order valence-corrected chi connectivity index (χ3v) is 9.91. The molecular weight excluding hydrogens is 565 g/mol. The SMILES string of the molecule is [C-]#[N+]c1c(N)sc2c(F)ccc(-c3ccc4c(O[C@@H]5CCN[C@@H]5C)nc(OC[C@@]56CCCN5C[C@H](F)C6)nc4c3F)c12. The van der Waals surface area contributed by atoms with Gasteiger partial charge in [-0.3, -0.25) is 4.90 Å². The molecule has 0 saturated carbocycles. The van der Waals surface area contributed by atoms with Crippen molar-refractivity contribution in [3.05, 3.63) is 47.3 Å². The first kappa shape index (κ1) is 27.2. The molecule has 3 saturated heterocycles. The van der Waals surface area contributed by atoms with Crippen LogP contribution in [0, 0.1) is 18.2 Å². The zero-order valence-corrected chi connectivity index (χ0v) is 23.7. The molecule has 2 aromatic heterocycles. The normalized spacial score (nSPS) is 25.7. The molecule has 0 radical (unpaired) electrons. The molecule has 218 valence electrons. The van der Waals surface area contributed by atoms with Gasteiger partial charge in [0.25, 0.3) is 0 Å². The van der Waals surface area contributed by atoms with Crippen molar-refractivity contribution in [3.63, 3.8) is 0 Å². The molecule has 4 atom stereocenters. The Morgan fingerprint density at radius 3 is 2.86 bits per heavy atom. The molecule has 3 fully saturated rings. The number of halogens is 3. The summed E-state index contributed by atoms with van der Waals surface area (Å²) in [6.07, 6.45) is 1.80. The van der Waals surface area contributed by atoms with Crippen LogP contribution in [0.2, 0.25) is 0 Å². The fourth-order valence-corrected chi connectivity index (χ4v) is 7.71. The minimum absolute atomic E-state index is 0.0216. The molecule has 3 N–H and O–H groups in total. The van der Waals surface area contributed by atoms with Crippen molar-refractivity contribution in [1.82, 2.24) is 20.2 Å². The Morgan fingerprint density at radius 2 is 2.07 bits per heavy atom. The van der Waals surface area contributed by atoms with Gasteiger partial charge in [-0.2, -0.15) is 9.97 Å². The molecule has 42 heavy (non-hydrogen) atoms. The standard InChI is InChI=1S/C30H29F3N6O2S/c1-15-21(8-10-36-15)41-28-19-5-4-18(17-6-7-20(32)26-22(17)25(35-2)27(34)42-26)23(33)24(19)37-29(38-28)40-14-30-9-3-11-39(30)13-16(31)12-30/h4-7,15-16,21,36H,3,8-14,34H2,1H3/t15-,16-,21-,30+/m1/s1. The fraction of sp³-hybridized carbons (Fsp3) is 0.433. The van der Waals surface area contributed by atoms with E-state index in [1.165, 1.54) is 12.1 Å². The Hall–Kier alpha value is -3.66. The van der Waals surface area contributed by atoms with Crippen LogP contribution < -0.4 is 20.5 Å². The number of fused-ring (bicyclic) bond motifs is 3. The molecule has 2 aromatic carbocycles. The topological polar surface area (TPSA) is 89.9 Å². The molecule has 3 aliphatic rings. The number of thiophene rings is 1. The molecule has 0 amide bonds. The molecule has 7 rings (SSSR count). The molecule has 4 aromatic rings. The van der Waals surface area contributed by atoms with Crippen molar-refractivity contribution >= 4 is 43.0 Å². The van der Waals surface area contributed by atoms with Crippen LogP contribution in [0.3, 0.4) is 0 Å². The average Bonchev–Trinajstić information content (AvgIpc) is 3.71. The van der Waals surface area contributed by atoms with Gasteiger partial charge >= 0.3 is 6.01 Å². The Kier molecular flexibility index (Phi) is 6.64. The van der Waals surface area contributed by atoms with Crippen LogP contribution in [0.1, 0.15) is 32.6 Å². The summed E-state index contributed by atoms with van der Waals surface area (Å²) < 4.78 is 58.2. The van der Waals surface area contributed by atoms with Crippen molar-refractivity contribution in [1.29, 1.82) is 0 Å². The molecule has 0 unspecified atom stereocenters. The molecular formula is C30H29F3N6O2S. The molecule has 0 bridgehead atoms. The smallest absolute Gasteiger partial charge is 0.320 e. The molecule has 0 spiro atoms. The highest BCUT2D eigenvalue weighted by Gasteiger charge is 2.49. The van der Waals surface area contributed by atoms with Crippen molar-refractivity contribution in [2.24, 2.45) is 0 Å². The summed E-state index contributed by atoms with van der Waals surface area (Å²) in [7, 11) is 0. The van der Waals surface area contributed by atoms with Gasteiger partial charge in [0.2, 0.25) is 11.6 Å². The van der Waals surface area contributed by atoms with Gasteiger partial charge in [-0.15, -0.1) is 11.3 Å². The number of ether oxygens (including phenoxy) is 2. The lowest BCUT2D eigenvalue weighted by atomic mass is 9.95. The highest BCUT2D eigenvalue weighted by molar-refractivity contribution is 7.23. The van der Waals surface area contributed by atoms with Crippen molar-refractivity contribution < 1.29 is 22.6 Å². The summed E-state index contributed by atoms with van der Waals surface area (Å²) in [4.78, 5) is 14.7. The molecule has 12 heteroatoms. The van der Waals surface area contributed by atoms with Gasteiger partial charge in [0, 0.05) is 30.0 Å². The number of hydrogen-bond donors (Lipinski definition) is 2. The summed E-state index contributed by atoms with van der Waals surface area (Å²) in [5, 5.41) is 4.14. The van der Waals surface area contributed by atoms with E-state index in [-0.39, 0.29) is 62.5 Å². The Bertz CT molecular complexity index is 1760. The van der Waals surface area contributed by atoms with Crippen molar-refractivity contribution in [2.45, 2.75) is 56.5 Å². The summed E-state index contributed by atoms with van der Waals surface area (Å²) in [6.45, 7) is 11.8. The highest BCUT2D eigenvalue weighted by Crippen LogP contribution is 2.47. The lowest BCUT2D eigenvalue weighted by Gasteiger charge is -2.30. The first-order valence-electron chi connectivity index (χ1n) is 14.1. The van der Waals surface area contributed by atoms with Crippen LogP contribution in [0.25, 0.3) is 37.0 Å². The second-order valence-electron chi connectivity index (χ2n) is 11.4. The van der Waals surface area contributed by atoms with Gasteiger partial charge in [-0.05, 0) is 57.0 Å². The highest BCUT2D eigenvalue weighted by atomic mass is 32.1. The van der Waals surface area contributed by atoms with Crippen LogP contribution in [-0.4, -0.2) is 65.0 Å². The Balaban J connectivity index is 1.34. The largest absolute Gasteiger partial charge is 0.472 e. The van der Waals surface area contributed by atoms with Crippen LogP contribution >= 0.6 is 11.3 Å². The van der Waals surface area contributed by atoms with Gasteiger partial charge in [-0.1, -0.05) is 12.1 Å². The third kappa shape index (κ3) is 4.33. The van der Waals surface area contributed by atoms with Crippen LogP contribution in [0.15, 0.2) is 24.3 Å². The second-order valence-corrected chi connectivity index (χ2v) is 12.5. The third-order valence-electron chi connectivity index (χ3n) is 8.89. The number of aromatic nitrogens is 2. The van der Waals surface area contributed by atoms with E-state index in [0.29, 0.717) is 23.9 Å². The van der Waals surface area contributed by atoms with Gasteiger partial charge < -0.3 is 20.5 Å². The maximum Gasteiger partial charge on any atom is 0.320 e. The van der Waals surface area contributed by atoms with Crippen LogP contribution in [0.5, 0.6) is 11.9 Å². The predicted octanol–water partition coefficient (Wildman–Crippen LogP) is 6.01. The summed E-state index contributed by atoms with van der Waals surface area (Å²) in [5.74, 6) is -1.01. The van der Waals surface area contributed by atoms with E-state index in [9.17, 15) is 8.78 Å². The fourth-order valence-electron chi connectivity index (χ4n) is 6.77. The molecule has 8 nitrogen and oxygen atoms in total. The monoisotopic (exact) mass is 594 g/mol. The van der Waals surface area contributed by atoms with E-state index >= 15 is 4.39 Å². The Morgan fingerprint density at radius 1 is 1.24 bits per heavy atom. The summed E-state index contributed by atoms with van der Waals surface area (Å²) in [5.41, 5.74) is 6.13. The number of benzene rings is 2. The van der Waals surface area contributed by atoms with Crippen molar-refractivity contribution in [3.8, 4) is 23.0 Å². The number of nitrogen functional groups attached to an aromatic ring is 1. The van der Waals surface area contributed by atoms with E-state index in [4.69, 9.17) is 21.8 Å². The maximum atomic E-state index is 16.5. The predicted molar refractivity (Wildman–Crippen MR) is 156 cm³/mol.